The molecule has 0 aliphatic carbocycles. The SMILES string of the molecule is C=C(CN)c1c(Cl)ccc2cccnc12. The fourth-order valence-electron chi connectivity index (χ4n) is 1.56. The number of benzene rings is 1. The van der Waals surface area contributed by atoms with Crippen LogP contribution in [0.15, 0.2) is 37.0 Å². The lowest BCUT2D eigenvalue weighted by molar-refractivity contribution is 1.27. The molecule has 1 aromatic heterocycles. The molecule has 0 aliphatic rings. The van der Waals surface area contributed by atoms with Crippen LogP contribution >= 0.6 is 11.6 Å². The number of hydrogen-bond acceptors (Lipinski definition) is 2. The topological polar surface area (TPSA) is 38.9 Å². The van der Waals surface area contributed by atoms with Gasteiger partial charge in [0.15, 0.2) is 0 Å². The Hall–Kier alpha value is -1.38. The first-order valence-corrected chi connectivity index (χ1v) is 5.03. The van der Waals surface area contributed by atoms with Crippen LogP contribution in [-0.4, -0.2) is 11.5 Å². The first-order chi connectivity index (χ1) is 7.24. The van der Waals surface area contributed by atoms with Crippen LogP contribution in [0.1, 0.15) is 5.56 Å². The van der Waals surface area contributed by atoms with Gasteiger partial charge in [0.05, 0.1) is 10.5 Å². The second-order valence-corrected chi connectivity index (χ2v) is 3.71. The number of hydrogen-bond donors (Lipinski definition) is 1. The molecule has 1 aromatic carbocycles. The third-order valence-electron chi connectivity index (χ3n) is 2.32. The minimum absolute atomic E-state index is 0.384. The Morgan fingerprint density at radius 3 is 2.93 bits per heavy atom. The average molecular weight is 219 g/mol. The first-order valence-electron chi connectivity index (χ1n) is 4.65. The highest BCUT2D eigenvalue weighted by molar-refractivity contribution is 6.33. The lowest BCUT2D eigenvalue weighted by Crippen LogP contribution is -2.02. The van der Waals surface area contributed by atoms with Crippen molar-refractivity contribution in [3.05, 3.63) is 47.6 Å². The highest BCUT2D eigenvalue weighted by Crippen LogP contribution is 2.29. The summed E-state index contributed by atoms with van der Waals surface area (Å²) in [6, 6.07) is 7.68. The minimum Gasteiger partial charge on any atom is -0.326 e. The van der Waals surface area contributed by atoms with E-state index in [-0.39, 0.29) is 0 Å². The van der Waals surface area contributed by atoms with Gasteiger partial charge in [-0.25, -0.2) is 0 Å². The standard InChI is InChI=1S/C12H11ClN2/c1-8(7-14)11-10(13)5-4-9-3-2-6-15-12(9)11/h2-6H,1,7,14H2. The molecule has 0 spiro atoms. The van der Waals surface area contributed by atoms with E-state index in [1.165, 1.54) is 0 Å². The molecule has 76 valence electrons. The van der Waals surface area contributed by atoms with Crippen LogP contribution in [0.5, 0.6) is 0 Å². The summed E-state index contributed by atoms with van der Waals surface area (Å²) in [7, 11) is 0. The number of pyridine rings is 1. The molecule has 0 unspecified atom stereocenters. The quantitative estimate of drug-likeness (QED) is 0.842. The predicted octanol–water partition coefficient (Wildman–Crippen LogP) is 2.86. The lowest BCUT2D eigenvalue weighted by atomic mass is 10.0. The predicted molar refractivity (Wildman–Crippen MR) is 64.8 cm³/mol. The summed E-state index contributed by atoms with van der Waals surface area (Å²) >= 11 is 6.12. The first kappa shape index (κ1) is 10.1. The van der Waals surface area contributed by atoms with E-state index in [2.05, 4.69) is 11.6 Å². The maximum atomic E-state index is 6.12. The third kappa shape index (κ3) is 1.74. The Morgan fingerprint density at radius 2 is 2.20 bits per heavy atom. The minimum atomic E-state index is 0.384. The Kier molecular flexibility index (Phi) is 2.71. The van der Waals surface area contributed by atoms with E-state index >= 15 is 0 Å². The highest BCUT2D eigenvalue weighted by atomic mass is 35.5. The van der Waals surface area contributed by atoms with E-state index in [4.69, 9.17) is 17.3 Å². The van der Waals surface area contributed by atoms with Gasteiger partial charge in [-0.3, -0.25) is 4.98 Å². The van der Waals surface area contributed by atoms with E-state index < -0.39 is 0 Å². The molecule has 15 heavy (non-hydrogen) atoms. The van der Waals surface area contributed by atoms with Gasteiger partial charge in [0.25, 0.3) is 0 Å². The van der Waals surface area contributed by atoms with E-state index in [9.17, 15) is 0 Å². The molecule has 0 amide bonds. The lowest BCUT2D eigenvalue weighted by Gasteiger charge is -2.08. The number of rotatable bonds is 2. The summed E-state index contributed by atoms with van der Waals surface area (Å²) < 4.78 is 0. The molecule has 2 N–H and O–H groups in total. The monoisotopic (exact) mass is 218 g/mol. The molecule has 2 rings (SSSR count). The van der Waals surface area contributed by atoms with Crippen LogP contribution < -0.4 is 5.73 Å². The van der Waals surface area contributed by atoms with Gasteiger partial charge in [0.1, 0.15) is 0 Å². The van der Waals surface area contributed by atoms with Gasteiger partial charge in [-0.1, -0.05) is 30.3 Å². The molecule has 0 fully saturated rings. The van der Waals surface area contributed by atoms with E-state index in [1.807, 2.05) is 24.3 Å². The molecule has 2 nitrogen and oxygen atoms in total. The van der Waals surface area contributed by atoms with Crippen molar-refractivity contribution in [2.75, 3.05) is 6.54 Å². The van der Waals surface area contributed by atoms with Gasteiger partial charge >= 0.3 is 0 Å². The zero-order chi connectivity index (χ0) is 10.8. The van der Waals surface area contributed by atoms with Crippen LogP contribution in [0.3, 0.4) is 0 Å². The highest BCUT2D eigenvalue weighted by Gasteiger charge is 2.08. The Morgan fingerprint density at radius 1 is 1.40 bits per heavy atom. The van der Waals surface area contributed by atoms with Crippen LogP contribution in [0.4, 0.5) is 0 Å². The van der Waals surface area contributed by atoms with Crippen molar-refractivity contribution < 1.29 is 0 Å². The second kappa shape index (κ2) is 4.01. The number of nitrogens with two attached hydrogens (primary N) is 1. The largest absolute Gasteiger partial charge is 0.326 e. The van der Waals surface area contributed by atoms with Gasteiger partial charge in [0, 0.05) is 23.7 Å². The van der Waals surface area contributed by atoms with Crippen molar-refractivity contribution in [3.63, 3.8) is 0 Å². The molecular weight excluding hydrogens is 208 g/mol. The maximum absolute atomic E-state index is 6.12. The molecule has 2 aromatic rings. The van der Waals surface area contributed by atoms with Gasteiger partial charge in [-0.15, -0.1) is 0 Å². The molecule has 0 saturated carbocycles. The molecular formula is C12H11ClN2. The second-order valence-electron chi connectivity index (χ2n) is 3.31. The number of nitrogens with zero attached hydrogens (tertiary/aromatic N) is 1. The van der Waals surface area contributed by atoms with Gasteiger partial charge in [-0.2, -0.15) is 0 Å². The number of aromatic nitrogens is 1. The van der Waals surface area contributed by atoms with Crippen molar-refractivity contribution in [1.29, 1.82) is 0 Å². The smallest absolute Gasteiger partial charge is 0.0792 e. The normalized spacial score (nSPS) is 10.5. The van der Waals surface area contributed by atoms with E-state index in [0.29, 0.717) is 11.6 Å². The van der Waals surface area contributed by atoms with Crippen molar-refractivity contribution in [1.82, 2.24) is 4.98 Å². The van der Waals surface area contributed by atoms with Gasteiger partial charge < -0.3 is 5.73 Å². The molecule has 1 heterocycles. The molecule has 0 radical (unpaired) electrons. The van der Waals surface area contributed by atoms with Crippen LogP contribution in [0, 0.1) is 0 Å². The zero-order valence-electron chi connectivity index (χ0n) is 8.20. The summed E-state index contributed by atoms with van der Waals surface area (Å²) in [5.41, 5.74) is 8.11. The average Bonchev–Trinajstić information content (AvgIpc) is 2.28. The van der Waals surface area contributed by atoms with E-state index in [1.54, 1.807) is 6.20 Å². The molecule has 3 heteroatoms. The Bertz CT molecular complexity index is 520. The van der Waals surface area contributed by atoms with Crippen LogP contribution in [0.25, 0.3) is 16.5 Å². The van der Waals surface area contributed by atoms with Crippen molar-refractivity contribution in [3.8, 4) is 0 Å². The number of fused-ring (bicyclic) bond motifs is 1. The molecule has 0 bridgehead atoms. The van der Waals surface area contributed by atoms with Gasteiger partial charge in [-0.05, 0) is 17.7 Å². The summed E-state index contributed by atoms with van der Waals surface area (Å²) in [6.45, 7) is 4.29. The molecule has 0 atom stereocenters. The molecule has 0 aliphatic heterocycles. The Balaban J connectivity index is 2.79. The summed E-state index contributed by atoms with van der Waals surface area (Å²) in [4.78, 5) is 4.31. The van der Waals surface area contributed by atoms with Crippen LogP contribution in [-0.2, 0) is 0 Å². The van der Waals surface area contributed by atoms with Crippen molar-refractivity contribution >= 4 is 28.1 Å². The third-order valence-corrected chi connectivity index (χ3v) is 2.64. The summed E-state index contributed by atoms with van der Waals surface area (Å²) in [5.74, 6) is 0. The summed E-state index contributed by atoms with van der Waals surface area (Å²) in [5, 5.41) is 1.70. The van der Waals surface area contributed by atoms with Gasteiger partial charge in [0.2, 0.25) is 0 Å². The summed E-state index contributed by atoms with van der Waals surface area (Å²) in [6.07, 6.45) is 1.74. The number of halogens is 1. The van der Waals surface area contributed by atoms with E-state index in [0.717, 1.165) is 22.0 Å². The maximum Gasteiger partial charge on any atom is 0.0792 e. The van der Waals surface area contributed by atoms with Crippen LogP contribution in [0.2, 0.25) is 5.02 Å². The fourth-order valence-corrected chi connectivity index (χ4v) is 1.85. The Labute approximate surface area is 93.4 Å². The van der Waals surface area contributed by atoms with Crippen molar-refractivity contribution in [2.45, 2.75) is 0 Å². The molecule has 0 saturated heterocycles. The zero-order valence-corrected chi connectivity index (χ0v) is 8.96. The fraction of sp³-hybridized carbons (Fsp3) is 0.0833. The van der Waals surface area contributed by atoms with Crippen molar-refractivity contribution in [2.24, 2.45) is 5.73 Å².